The van der Waals surface area contributed by atoms with Crippen LogP contribution in [0.4, 0.5) is 5.69 Å². The number of ketones is 1. The van der Waals surface area contributed by atoms with Gasteiger partial charge in [0.2, 0.25) is 5.88 Å². The standard InChI is InChI=1S/C22H21N5O5S/c1-12-19(20(28)21(29)24-13-7-8-23-18(9-13)31-3)15-10-14(30-2)5-6-16(15)27(12)11-17-25-22(32-4)33-26-17/h5-10H,11H2,1-4H3,(H,23,24,29). The number of nitrogens with one attached hydrogen (secondary N) is 1. The second-order valence-electron chi connectivity index (χ2n) is 6.98. The Morgan fingerprint density at radius 2 is 1.91 bits per heavy atom. The Bertz CT molecular complexity index is 1350. The highest BCUT2D eigenvalue weighted by atomic mass is 32.1. The van der Waals surface area contributed by atoms with Gasteiger partial charge in [-0.1, -0.05) is 0 Å². The number of Topliss-reactive ketones (excluding diaryl/α,β-unsaturated/α-hetero) is 1. The molecule has 0 saturated heterocycles. The summed E-state index contributed by atoms with van der Waals surface area (Å²) in [5, 5.41) is 3.66. The Morgan fingerprint density at radius 1 is 1.09 bits per heavy atom. The summed E-state index contributed by atoms with van der Waals surface area (Å²) in [4.78, 5) is 34.5. The summed E-state index contributed by atoms with van der Waals surface area (Å²) in [6.07, 6.45) is 1.48. The second-order valence-corrected chi connectivity index (χ2v) is 7.69. The highest BCUT2D eigenvalue weighted by Gasteiger charge is 2.26. The Labute approximate surface area is 193 Å². The zero-order chi connectivity index (χ0) is 23.5. The third-order valence-electron chi connectivity index (χ3n) is 5.09. The largest absolute Gasteiger partial charge is 0.497 e. The van der Waals surface area contributed by atoms with E-state index in [9.17, 15) is 9.59 Å². The van der Waals surface area contributed by atoms with E-state index in [1.807, 2.05) is 10.6 Å². The summed E-state index contributed by atoms with van der Waals surface area (Å²) in [5.41, 5.74) is 2.05. The number of hydrogen-bond acceptors (Lipinski definition) is 9. The highest BCUT2D eigenvalue weighted by molar-refractivity contribution is 7.07. The van der Waals surface area contributed by atoms with Crippen LogP contribution in [0.5, 0.6) is 16.8 Å². The molecule has 10 nitrogen and oxygen atoms in total. The van der Waals surface area contributed by atoms with Gasteiger partial charge in [-0.05, 0) is 31.2 Å². The van der Waals surface area contributed by atoms with E-state index >= 15 is 0 Å². The van der Waals surface area contributed by atoms with Crippen molar-refractivity contribution in [2.24, 2.45) is 0 Å². The Hall–Kier alpha value is -3.99. The van der Waals surface area contributed by atoms with Crippen LogP contribution in [0.15, 0.2) is 36.5 Å². The molecule has 0 bridgehead atoms. The van der Waals surface area contributed by atoms with E-state index in [4.69, 9.17) is 14.2 Å². The number of hydrogen-bond donors (Lipinski definition) is 1. The molecular weight excluding hydrogens is 446 g/mol. The van der Waals surface area contributed by atoms with Crippen LogP contribution in [0, 0.1) is 6.92 Å². The molecule has 0 aliphatic heterocycles. The van der Waals surface area contributed by atoms with Gasteiger partial charge in [0.15, 0.2) is 5.82 Å². The second kappa shape index (κ2) is 9.25. The Kier molecular flexibility index (Phi) is 6.22. The molecule has 3 aromatic heterocycles. The van der Waals surface area contributed by atoms with Crippen LogP contribution < -0.4 is 19.5 Å². The molecule has 170 valence electrons. The lowest BCUT2D eigenvalue weighted by Gasteiger charge is -2.07. The molecule has 0 unspecified atom stereocenters. The molecule has 33 heavy (non-hydrogen) atoms. The summed E-state index contributed by atoms with van der Waals surface area (Å²) in [6.45, 7) is 2.09. The van der Waals surface area contributed by atoms with E-state index in [1.54, 1.807) is 32.2 Å². The molecule has 11 heteroatoms. The van der Waals surface area contributed by atoms with Crippen molar-refractivity contribution in [3.63, 3.8) is 0 Å². The van der Waals surface area contributed by atoms with Crippen LogP contribution in [-0.4, -0.2) is 51.9 Å². The minimum atomic E-state index is -0.776. The molecule has 0 saturated carbocycles. The molecule has 1 N–H and O–H groups in total. The predicted octanol–water partition coefficient (Wildman–Crippen LogP) is 3.09. The van der Waals surface area contributed by atoms with E-state index < -0.39 is 11.7 Å². The average molecular weight is 468 g/mol. The number of methoxy groups -OCH3 is 3. The fraction of sp³-hybridized carbons (Fsp3) is 0.227. The molecule has 3 heterocycles. The number of anilines is 1. The van der Waals surface area contributed by atoms with Crippen LogP contribution in [0.2, 0.25) is 0 Å². The Balaban J connectivity index is 1.74. The fourth-order valence-electron chi connectivity index (χ4n) is 3.51. The lowest BCUT2D eigenvalue weighted by molar-refractivity contribution is -0.112. The minimum absolute atomic E-state index is 0.282. The SMILES string of the molecule is COc1ccc2c(c1)c(C(=O)C(=O)Nc1ccnc(OC)c1)c(C)n2Cc1nsc(OC)n1. The molecular formula is C22H21N5O5S. The summed E-state index contributed by atoms with van der Waals surface area (Å²) >= 11 is 1.15. The molecule has 0 radical (unpaired) electrons. The van der Waals surface area contributed by atoms with Crippen LogP contribution >= 0.6 is 11.5 Å². The first kappa shape index (κ1) is 22.2. The third-order valence-corrected chi connectivity index (χ3v) is 5.81. The highest BCUT2D eigenvalue weighted by Crippen LogP contribution is 2.31. The number of aromatic nitrogens is 4. The predicted molar refractivity (Wildman–Crippen MR) is 123 cm³/mol. The van der Waals surface area contributed by atoms with Gasteiger partial charge in [0, 0.05) is 46.1 Å². The number of fused-ring (bicyclic) bond motifs is 1. The number of carbonyl (C=O) groups excluding carboxylic acids is 2. The van der Waals surface area contributed by atoms with Crippen LogP contribution in [0.25, 0.3) is 10.9 Å². The van der Waals surface area contributed by atoms with Gasteiger partial charge in [-0.25, -0.2) is 4.98 Å². The number of rotatable bonds is 8. The quantitative estimate of drug-likeness (QED) is 0.310. The van der Waals surface area contributed by atoms with Gasteiger partial charge in [0.1, 0.15) is 5.75 Å². The Morgan fingerprint density at radius 3 is 2.61 bits per heavy atom. The minimum Gasteiger partial charge on any atom is -0.497 e. The maximum absolute atomic E-state index is 13.3. The van der Waals surface area contributed by atoms with Crippen LogP contribution in [-0.2, 0) is 11.3 Å². The summed E-state index contributed by atoms with van der Waals surface area (Å²) in [7, 11) is 4.54. The molecule has 0 spiro atoms. The summed E-state index contributed by atoms with van der Waals surface area (Å²) in [5.74, 6) is -0.0174. The summed E-state index contributed by atoms with van der Waals surface area (Å²) in [6, 6.07) is 8.49. The lowest BCUT2D eigenvalue weighted by atomic mass is 10.1. The average Bonchev–Trinajstić information content (AvgIpc) is 3.40. The molecule has 0 atom stereocenters. The molecule has 4 rings (SSSR count). The summed E-state index contributed by atoms with van der Waals surface area (Å²) < 4.78 is 21.7. The van der Waals surface area contributed by atoms with E-state index in [0.29, 0.717) is 46.0 Å². The van der Waals surface area contributed by atoms with Gasteiger partial charge in [-0.2, -0.15) is 9.36 Å². The number of nitrogens with zero attached hydrogens (tertiary/aromatic N) is 4. The van der Waals surface area contributed by atoms with Gasteiger partial charge in [-0.15, -0.1) is 0 Å². The third kappa shape index (κ3) is 4.35. The van der Waals surface area contributed by atoms with Crippen molar-refractivity contribution < 1.29 is 23.8 Å². The number of carbonyl (C=O) groups is 2. The normalized spacial score (nSPS) is 10.8. The topological polar surface area (TPSA) is 117 Å². The van der Waals surface area contributed by atoms with Gasteiger partial charge < -0.3 is 24.1 Å². The van der Waals surface area contributed by atoms with Crippen molar-refractivity contribution in [3.05, 3.63) is 53.6 Å². The van der Waals surface area contributed by atoms with Gasteiger partial charge in [0.05, 0.1) is 33.4 Å². The van der Waals surface area contributed by atoms with Crippen molar-refractivity contribution in [2.75, 3.05) is 26.6 Å². The van der Waals surface area contributed by atoms with Crippen molar-refractivity contribution >= 4 is 39.8 Å². The van der Waals surface area contributed by atoms with Gasteiger partial charge >= 0.3 is 0 Å². The maximum Gasteiger partial charge on any atom is 0.296 e. The molecule has 1 aromatic carbocycles. The van der Waals surface area contributed by atoms with E-state index in [1.165, 1.54) is 26.5 Å². The molecule has 0 fully saturated rings. The van der Waals surface area contributed by atoms with E-state index in [2.05, 4.69) is 19.7 Å². The van der Waals surface area contributed by atoms with E-state index in [0.717, 1.165) is 17.0 Å². The van der Waals surface area contributed by atoms with Crippen molar-refractivity contribution in [3.8, 4) is 16.8 Å². The molecule has 1 amide bonds. The monoisotopic (exact) mass is 467 g/mol. The maximum atomic E-state index is 13.3. The smallest absolute Gasteiger partial charge is 0.296 e. The van der Waals surface area contributed by atoms with Crippen LogP contribution in [0.1, 0.15) is 21.9 Å². The zero-order valence-electron chi connectivity index (χ0n) is 18.4. The molecule has 0 aliphatic carbocycles. The number of pyridine rings is 1. The first-order valence-corrected chi connectivity index (χ1v) is 10.6. The van der Waals surface area contributed by atoms with E-state index in [-0.39, 0.29) is 5.56 Å². The number of amides is 1. The lowest BCUT2D eigenvalue weighted by Crippen LogP contribution is -2.23. The van der Waals surface area contributed by atoms with Crippen molar-refractivity contribution in [1.82, 2.24) is 18.9 Å². The van der Waals surface area contributed by atoms with Gasteiger partial charge in [-0.3, -0.25) is 9.59 Å². The van der Waals surface area contributed by atoms with Crippen LogP contribution in [0.3, 0.4) is 0 Å². The fourth-order valence-corrected chi connectivity index (χ4v) is 4.01. The molecule has 4 aromatic rings. The van der Waals surface area contributed by atoms with Crippen molar-refractivity contribution in [1.29, 1.82) is 0 Å². The first-order valence-electron chi connectivity index (χ1n) is 9.84. The number of benzene rings is 1. The van der Waals surface area contributed by atoms with Crippen molar-refractivity contribution in [2.45, 2.75) is 13.5 Å². The zero-order valence-corrected chi connectivity index (χ0v) is 19.2. The number of ether oxygens (including phenoxy) is 3. The van der Waals surface area contributed by atoms with Gasteiger partial charge in [0.25, 0.3) is 16.9 Å². The molecule has 0 aliphatic rings. The first-order chi connectivity index (χ1) is 15.9.